The van der Waals surface area contributed by atoms with Crippen molar-refractivity contribution in [3.8, 4) is 0 Å². The maximum Gasteiger partial charge on any atom is 0.301 e. The molecule has 0 aliphatic carbocycles. The smallest absolute Gasteiger partial charge is 0.301 e. The van der Waals surface area contributed by atoms with Crippen molar-refractivity contribution in [3.63, 3.8) is 0 Å². The zero-order valence-electron chi connectivity index (χ0n) is 19.6. The summed E-state index contributed by atoms with van der Waals surface area (Å²) in [4.78, 5) is 33.9. The van der Waals surface area contributed by atoms with Gasteiger partial charge in [-0.05, 0) is 45.8 Å². The first-order chi connectivity index (χ1) is 17.4. The number of carbonyl (C=O) groups excluding carboxylic acids is 2. The lowest BCUT2D eigenvalue weighted by Crippen LogP contribution is -2.28. The summed E-state index contributed by atoms with van der Waals surface area (Å²) in [6.07, 6.45) is 0. The first-order valence-corrected chi connectivity index (χ1v) is 13.4. The maximum atomic E-state index is 13.5. The fraction of sp³-hybridized carbons (Fsp3) is 0.138. The van der Waals surface area contributed by atoms with Crippen LogP contribution >= 0.6 is 22.7 Å². The molecule has 1 unspecified atom stereocenters. The number of thiazole rings is 1. The lowest BCUT2D eigenvalue weighted by molar-refractivity contribution is -0.132. The summed E-state index contributed by atoms with van der Waals surface area (Å²) >= 11 is 2.83. The quantitative estimate of drug-likeness (QED) is 0.157. The lowest BCUT2D eigenvalue weighted by atomic mass is 9.96. The van der Waals surface area contributed by atoms with Gasteiger partial charge in [0.05, 0.1) is 15.8 Å². The number of fused-ring (bicyclic) bond motifs is 2. The van der Waals surface area contributed by atoms with Crippen molar-refractivity contribution in [2.24, 2.45) is 0 Å². The van der Waals surface area contributed by atoms with Crippen LogP contribution < -0.4 is 4.90 Å². The van der Waals surface area contributed by atoms with E-state index in [0.717, 1.165) is 25.9 Å². The van der Waals surface area contributed by atoms with Crippen LogP contribution in [0.15, 0.2) is 83.7 Å². The summed E-state index contributed by atoms with van der Waals surface area (Å²) in [5.74, 6) is -1.20. The molecular formula is C29H22N2O3S2. The lowest BCUT2D eigenvalue weighted by Gasteiger charge is -2.21. The monoisotopic (exact) mass is 510 g/mol. The molecule has 7 heteroatoms. The molecule has 3 heterocycles. The van der Waals surface area contributed by atoms with E-state index in [2.05, 4.69) is 19.9 Å². The molecule has 6 rings (SSSR count). The van der Waals surface area contributed by atoms with Gasteiger partial charge in [0.2, 0.25) is 0 Å². The molecule has 0 radical (unpaired) electrons. The second-order valence-corrected chi connectivity index (χ2v) is 11.1. The van der Waals surface area contributed by atoms with Gasteiger partial charge in [0.15, 0.2) is 5.13 Å². The number of aromatic nitrogens is 1. The van der Waals surface area contributed by atoms with Gasteiger partial charge in [-0.1, -0.05) is 79.8 Å². The molecule has 2 aromatic heterocycles. The minimum atomic E-state index is -0.755. The minimum Gasteiger partial charge on any atom is -0.507 e. The second-order valence-electron chi connectivity index (χ2n) is 9.09. The Morgan fingerprint density at radius 1 is 1.00 bits per heavy atom. The number of anilines is 1. The summed E-state index contributed by atoms with van der Waals surface area (Å²) < 4.78 is 0.956. The Hall–Kier alpha value is -3.81. The number of benzene rings is 3. The number of carbonyl (C=O) groups is 2. The topological polar surface area (TPSA) is 70.5 Å². The molecule has 3 aromatic carbocycles. The van der Waals surface area contributed by atoms with Crippen molar-refractivity contribution >= 4 is 66.2 Å². The highest BCUT2D eigenvalue weighted by molar-refractivity contribution is 7.22. The molecule has 1 atom stereocenters. The molecule has 1 fully saturated rings. The maximum absolute atomic E-state index is 13.5. The van der Waals surface area contributed by atoms with Gasteiger partial charge in [-0.3, -0.25) is 14.5 Å². The van der Waals surface area contributed by atoms with Gasteiger partial charge in [0.25, 0.3) is 5.78 Å². The summed E-state index contributed by atoms with van der Waals surface area (Å²) in [5, 5.41) is 15.7. The van der Waals surface area contributed by atoms with Crippen LogP contribution in [0.25, 0.3) is 26.7 Å². The van der Waals surface area contributed by atoms with E-state index in [1.165, 1.54) is 33.1 Å². The fourth-order valence-electron chi connectivity index (χ4n) is 4.71. The van der Waals surface area contributed by atoms with Crippen LogP contribution in [0.2, 0.25) is 0 Å². The molecule has 0 saturated carbocycles. The third-order valence-corrected chi connectivity index (χ3v) is 8.52. The number of hydrogen-bond acceptors (Lipinski definition) is 6. The van der Waals surface area contributed by atoms with E-state index in [0.29, 0.717) is 16.6 Å². The molecule has 36 heavy (non-hydrogen) atoms. The van der Waals surface area contributed by atoms with Crippen molar-refractivity contribution in [2.75, 3.05) is 4.90 Å². The Balaban J connectivity index is 1.56. The number of rotatable bonds is 4. The van der Waals surface area contributed by atoms with Crippen molar-refractivity contribution in [1.82, 2.24) is 4.98 Å². The van der Waals surface area contributed by atoms with Gasteiger partial charge in [-0.25, -0.2) is 4.98 Å². The summed E-state index contributed by atoms with van der Waals surface area (Å²) in [6, 6.07) is 22.3. The molecule has 178 valence electrons. The van der Waals surface area contributed by atoms with E-state index in [1.54, 1.807) is 6.07 Å². The second kappa shape index (κ2) is 8.69. The van der Waals surface area contributed by atoms with Crippen molar-refractivity contribution in [3.05, 3.63) is 99.8 Å². The first-order valence-electron chi connectivity index (χ1n) is 11.7. The molecular weight excluding hydrogens is 488 g/mol. The third kappa shape index (κ3) is 3.54. The van der Waals surface area contributed by atoms with E-state index in [1.807, 2.05) is 66.0 Å². The number of amides is 1. The number of Topliss-reactive ketones (excluding diaryl/α,β-unsaturated/α-hetero) is 1. The van der Waals surface area contributed by atoms with Gasteiger partial charge >= 0.3 is 5.91 Å². The van der Waals surface area contributed by atoms with Gasteiger partial charge in [-0.15, -0.1) is 11.3 Å². The van der Waals surface area contributed by atoms with E-state index >= 15 is 0 Å². The Kier molecular flexibility index (Phi) is 5.47. The molecule has 0 bridgehead atoms. The van der Waals surface area contributed by atoms with Crippen LogP contribution in [0.5, 0.6) is 0 Å². The van der Waals surface area contributed by atoms with Gasteiger partial charge in [-0.2, -0.15) is 0 Å². The number of aliphatic hydroxyl groups excluding tert-OH is 1. The zero-order valence-corrected chi connectivity index (χ0v) is 21.3. The minimum absolute atomic E-state index is 0.0842. The average Bonchev–Trinajstić information content (AvgIpc) is 3.61. The van der Waals surface area contributed by atoms with Crippen LogP contribution in [0.4, 0.5) is 5.13 Å². The molecule has 1 saturated heterocycles. The molecule has 1 aliphatic rings. The number of aliphatic hydroxyl groups is 1. The van der Waals surface area contributed by atoms with Gasteiger partial charge < -0.3 is 5.11 Å². The number of hydrogen-bond donors (Lipinski definition) is 1. The number of ketones is 1. The van der Waals surface area contributed by atoms with E-state index in [4.69, 9.17) is 4.98 Å². The van der Waals surface area contributed by atoms with E-state index < -0.39 is 17.7 Å². The summed E-state index contributed by atoms with van der Waals surface area (Å²) in [5.41, 5.74) is 2.57. The van der Waals surface area contributed by atoms with Crippen molar-refractivity contribution in [1.29, 1.82) is 0 Å². The van der Waals surface area contributed by atoms with Crippen LogP contribution in [0.3, 0.4) is 0 Å². The summed E-state index contributed by atoms with van der Waals surface area (Å²) in [7, 11) is 0. The van der Waals surface area contributed by atoms with Crippen LogP contribution in [0, 0.1) is 0 Å². The molecule has 1 aliphatic heterocycles. The number of thiophene rings is 1. The number of nitrogens with zero attached hydrogens (tertiary/aromatic N) is 2. The van der Waals surface area contributed by atoms with E-state index in [-0.39, 0.29) is 11.3 Å². The predicted molar refractivity (Wildman–Crippen MR) is 147 cm³/mol. The highest BCUT2D eigenvalue weighted by Crippen LogP contribution is 2.46. The Bertz CT molecular complexity index is 1680. The van der Waals surface area contributed by atoms with Crippen LogP contribution in [-0.2, 0) is 9.59 Å². The zero-order chi connectivity index (χ0) is 25.0. The van der Waals surface area contributed by atoms with Crippen LogP contribution in [0.1, 0.15) is 41.8 Å². The Labute approximate surface area is 216 Å². The summed E-state index contributed by atoms with van der Waals surface area (Å²) in [6.45, 7) is 4.26. The first kappa shape index (κ1) is 22.6. The fourth-order valence-corrected chi connectivity index (χ4v) is 6.58. The Morgan fingerprint density at radius 2 is 1.81 bits per heavy atom. The van der Waals surface area contributed by atoms with E-state index in [9.17, 15) is 14.7 Å². The SMILES string of the molecule is CC(C)c1ccc2nc(N3C(=O)C(=O)/C(=C(/O)c4cccc5ccccc45)C3c3cccs3)sc2c1. The average molecular weight is 511 g/mol. The standard InChI is InChI=1S/C29H22N2O3S2/c1-16(2)18-12-13-21-23(15-18)36-29(30-21)31-25(22-11-6-14-35-22)24(27(33)28(31)34)26(32)20-10-5-8-17-7-3-4-9-19(17)20/h3-16,25,32H,1-2H3/b26-24+. The molecule has 1 N–H and O–H groups in total. The van der Waals surface area contributed by atoms with Gasteiger partial charge in [0.1, 0.15) is 11.8 Å². The van der Waals surface area contributed by atoms with Gasteiger partial charge in [0, 0.05) is 10.4 Å². The largest absolute Gasteiger partial charge is 0.507 e. The predicted octanol–water partition coefficient (Wildman–Crippen LogP) is 7.26. The molecule has 5 nitrogen and oxygen atoms in total. The highest BCUT2D eigenvalue weighted by Gasteiger charge is 2.48. The van der Waals surface area contributed by atoms with Crippen molar-refractivity contribution < 1.29 is 14.7 Å². The molecule has 5 aromatic rings. The highest BCUT2D eigenvalue weighted by atomic mass is 32.1. The Morgan fingerprint density at radius 3 is 2.58 bits per heavy atom. The molecule has 1 amide bonds. The van der Waals surface area contributed by atoms with Crippen LogP contribution in [-0.4, -0.2) is 21.8 Å². The molecule has 0 spiro atoms. The van der Waals surface area contributed by atoms with Crippen molar-refractivity contribution in [2.45, 2.75) is 25.8 Å². The third-order valence-electron chi connectivity index (χ3n) is 6.58. The normalized spacial score (nSPS) is 17.6.